The normalized spacial score (nSPS) is 10.8. The van der Waals surface area contributed by atoms with Crippen molar-refractivity contribution in [2.75, 3.05) is 0 Å². The lowest BCUT2D eigenvalue weighted by Crippen LogP contribution is -2.07. The van der Waals surface area contributed by atoms with Crippen molar-refractivity contribution in [1.82, 2.24) is 4.98 Å². The first-order valence-electron chi connectivity index (χ1n) is 11.5. The molecule has 29 heavy (non-hydrogen) atoms. The van der Waals surface area contributed by atoms with Gasteiger partial charge in [-0.1, -0.05) is 71.3 Å². The molecule has 0 bridgehead atoms. The number of ether oxygens (including phenoxy) is 1. The van der Waals surface area contributed by atoms with Crippen molar-refractivity contribution in [2.45, 2.75) is 90.9 Å². The average Bonchev–Trinajstić information content (AvgIpc) is 2.75. The van der Waals surface area contributed by atoms with Crippen LogP contribution in [-0.4, -0.2) is 11.0 Å². The van der Waals surface area contributed by atoms with Gasteiger partial charge in [-0.2, -0.15) is 0 Å². The van der Waals surface area contributed by atoms with Gasteiger partial charge in [0.05, 0.1) is 5.69 Å². The monoisotopic (exact) mass is 395 g/mol. The average molecular weight is 396 g/mol. The number of esters is 1. The third kappa shape index (κ3) is 9.25. The number of aromatic nitrogens is 1. The van der Waals surface area contributed by atoms with E-state index in [0.29, 0.717) is 12.2 Å². The molecule has 0 aliphatic carbocycles. The molecular formula is C26H37NO2. The minimum absolute atomic E-state index is 0.147. The Hall–Kier alpha value is -2.16. The number of hydrogen-bond acceptors (Lipinski definition) is 3. The number of hydrogen-bond donors (Lipinski definition) is 0. The highest BCUT2D eigenvalue weighted by atomic mass is 16.5. The lowest BCUT2D eigenvalue weighted by atomic mass is 10.1. The third-order valence-electron chi connectivity index (χ3n) is 5.26. The molecule has 0 saturated carbocycles. The first-order valence-corrected chi connectivity index (χ1v) is 11.5. The van der Waals surface area contributed by atoms with Gasteiger partial charge in [0.15, 0.2) is 0 Å². The SMILES string of the molecule is CCCCCCCCc1ccc(-c2ccc(OC(=O)CCCCCC)cc2)nc1. The molecule has 0 saturated heterocycles. The molecular weight excluding hydrogens is 358 g/mol. The molecule has 0 spiro atoms. The molecule has 3 nitrogen and oxygen atoms in total. The maximum Gasteiger partial charge on any atom is 0.311 e. The number of carbonyl (C=O) groups is 1. The largest absolute Gasteiger partial charge is 0.427 e. The van der Waals surface area contributed by atoms with Crippen LogP contribution in [0.2, 0.25) is 0 Å². The van der Waals surface area contributed by atoms with E-state index in [9.17, 15) is 4.79 Å². The zero-order valence-corrected chi connectivity index (χ0v) is 18.3. The Morgan fingerprint density at radius 1 is 0.793 bits per heavy atom. The van der Waals surface area contributed by atoms with E-state index in [1.54, 1.807) is 0 Å². The van der Waals surface area contributed by atoms with Gasteiger partial charge >= 0.3 is 5.97 Å². The molecule has 0 amide bonds. The zero-order valence-electron chi connectivity index (χ0n) is 18.3. The summed E-state index contributed by atoms with van der Waals surface area (Å²) in [5, 5.41) is 0. The van der Waals surface area contributed by atoms with Gasteiger partial charge in [0.25, 0.3) is 0 Å². The van der Waals surface area contributed by atoms with Gasteiger partial charge in [0.2, 0.25) is 0 Å². The van der Waals surface area contributed by atoms with Crippen molar-refractivity contribution < 1.29 is 9.53 Å². The predicted octanol–water partition coefficient (Wildman–Crippen LogP) is 7.53. The number of benzene rings is 1. The number of unbranched alkanes of at least 4 members (excludes halogenated alkanes) is 8. The standard InChI is InChI=1S/C26H37NO2/c1-3-5-7-9-10-11-13-22-15-20-25(27-21-22)23-16-18-24(19-17-23)29-26(28)14-12-8-6-4-2/h15-21H,3-14H2,1-2H3. The summed E-state index contributed by atoms with van der Waals surface area (Å²) in [5.41, 5.74) is 3.30. The van der Waals surface area contributed by atoms with E-state index in [1.807, 2.05) is 30.5 Å². The van der Waals surface area contributed by atoms with Crippen molar-refractivity contribution in [3.8, 4) is 17.0 Å². The maximum absolute atomic E-state index is 11.9. The summed E-state index contributed by atoms with van der Waals surface area (Å²) >= 11 is 0. The van der Waals surface area contributed by atoms with E-state index < -0.39 is 0 Å². The second kappa shape index (κ2) is 13.9. The Bertz CT molecular complexity index is 692. The molecule has 1 aromatic carbocycles. The molecule has 1 aromatic heterocycles. The Morgan fingerprint density at radius 3 is 2.10 bits per heavy atom. The quantitative estimate of drug-likeness (QED) is 0.188. The Kier molecular flexibility index (Phi) is 11.1. The van der Waals surface area contributed by atoms with E-state index in [4.69, 9.17) is 4.74 Å². The first kappa shape index (κ1) is 23.1. The number of carbonyl (C=O) groups excluding carboxylic acids is 1. The van der Waals surface area contributed by atoms with Gasteiger partial charge in [-0.15, -0.1) is 0 Å². The van der Waals surface area contributed by atoms with E-state index in [-0.39, 0.29) is 5.97 Å². The summed E-state index contributed by atoms with van der Waals surface area (Å²) in [4.78, 5) is 16.5. The fourth-order valence-electron chi connectivity index (χ4n) is 3.42. The second-order valence-electron chi connectivity index (χ2n) is 7.88. The van der Waals surface area contributed by atoms with Gasteiger partial charge in [0.1, 0.15) is 5.75 Å². The van der Waals surface area contributed by atoms with Crippen molar-refractivity contribution >= 4 is 5.97 Å². The third-order valence-corrected chi connectivity index (χ3v) is 5.26. The molecule has 1 heterocycles. The molecule has 0 aliphatic rings. The Morgan fingerprint density at radius 2 is 1.45 bits per heavy atom. The molecule has 2 aromatic rings. The van der Waals surface area contributed by atoms with Gasteiger partial charge < -0.3 is 4.74 Å². The lowest BCUT2D eigenvalue weighted by molar-refractivity contribution is -0.134. The fraction of sp³-hybridized carbons (Fsp3) is 0.538. The molecule has 2 rings (SSSR count). The molecule has 0 fully saturated rings. The number of pyridine rings is 1. The Balaban J connectivity index is 1.76. The van der Waals surface area contributed by atoms with Crippen LogP contribution in [0.15, 0.2) is 42.6 Å². The zero-order chi connectivity index (χ0) is 20.7. The minimum Gasteiger partial charge on any atom is -0.427 e. The van der Waals surface area contributed by atoms with Crippen LogP contribution < -0.4 is 4.74 Å². The molecule has 0 atom stereocenters. The van der Waals surface area contributed by atoms with Crippen molar-refractivity contribution in [2.24, 2.45) is 0 Å². The van der Waals surface area contributed by atoms with Crippen LogP contribution >= 0.6 is 0 Å². The summed E-state index contributed by atoms with van der Waals surface area (Å²) in [6, 6.07) is 11.9. The molecule has 158 valence electrons. The summed E-state index contributed by atoms with van der Waals surface area (Å²) in [6.45, 7) is 4.42. The van der Waals surface area contributed by atoms with E-state index in [2.05, 4.69) is 31.0 Å². The highest BCUT2D eigenvalue weighted by molar-refractivity contribution is 5.72. The first-order chi connectivity index (χ1) is 14.2. The van der Waals surface area contributed by atoms with Crippen molar-refractivity contribution in [3.63, 3.8) is 0 Å². The van der Waals surface area contributed by atoms with E-state index in [0.717, 1.165) is 30.5 Å². The lowest BCUT2D eigenvalue weighted by Gasteiger charge is -2.07. The van der Waals surface area contributed by atoms with Crippen LogP contribution in [0.1, 0.15) is 90.0 Å². The summed E-state index contributed by atoms with van der Waals surface area (Å²) in [5.74, 6) is 0.458. The topological polar surface area (TPSA) is 39.2 Å². The number of nitrogens with zero attached hydrogens (tertiary/aromatic N) is 1. The van der Waals surface area contributed by atoms with Crippen LogP contribution in [-0.2, 0) is 11.2 Å². The molecule has 0 radical (unpaired) electrons. The van der Waals surface area contributed by atoms with E-state index >= 15 is 0 Å². The van der Waals surface area contributed by atoms with Gasteiger partial charge in [0, 0.05) is 18.2 Å². The van der Waals surface area contributed by atoms with Gasteiger partial charge in [-0.25, -0.2) is 0 Å². The molecule has 3 heteroatoms. The smallest absolute Gasteiger partial charge is 0.311 e. The van der Waals surface area contributed by atoms with Crippen LogP contribution in [0.25, 0.3) is 11.3 Å². The van der Waals surface area contributed by atoms with Crippen molar-refractivity contribution in [3.05, 3.63) is 48.2 Å². The van der Waals surface area contributed by atoms with Gasteiger partial charge in [-0.05, 0) is 55.2 Å². The van der Waals surface area contributed by atoms with Gasteiger partial charge in [-0.3, -0.25) is 9.78 Å². The second-order valence-corrected chi connectivity index (χ2v) is 7.88. The molecule has 0 aliphatic heterocycles. The number of rotatable bonds is 14. The predicted molar refractivity (Wildman–Crippen MR) is 121 cm³/mol. The maximum atomic E-state index is 11.9. The van der Waals surface area contributed by atoms with Crippen LogP contribution in [0.5, 0.6) is 5.75 Å². The minimum atomic E-state index is -0.147. The molecule has 0 unspecified atom stereocenters. The van der Waals surface area contributed by atoms with E-state index in [1.165, 1.54) is 56.9 Å². The van der Waals surface area contributed by atoms with Crippen molar-refractivity contribution in [1.29, 1.82) is 0 Å². The molecule has 0 N–H and O–H groups in total. The number of aryl methyl sites for hydroxylation is 1. The Labute approximate surface area is 176 Å². The summed E-state index contributed by atoms with van der Waals surface area (Å²) < 4.78 is 5.42. The highest BCUT2D eigenvalue weighted by Crippen LogP contribution is 2.22. The highest BCUT2D eigenvalue weighted by Gasteiger charge is 2.06. The van der Waals surface area contributed by atoms with Crippen LogP contribution in [0.4, 0.5) is 0 Å². The van der Waals surface area contributed by atoms with Crippen LogP contribution in [0, 0.1) is 0 Å². The summed E-state index contributed by atoms with van der Waals surface area (Å²) in [6.07, 6.45) is 15.8. The van der Waals surface area contributed by atoms with Crippen LogP contribution in [0.3, 0.4) is 0 Å². The summed E-state index contributed by atoms with van der Waals surface area (Å²) in [7, 11) is 0. The fourth-order valence-corrected chi connectivity index (χ4v) is 3.42.